The average molecular weight is 387 g/mol. The number of fused-ring (bicyclic) bond motifs is 1. The summed E-state index contributed by atoms with van der Waals surface area (Å²) in [5, 5.41) is 2.17. The standard InChI is InChI=1S/C22H27FN2OS/c1-16-10-13-27-21(16)15-24-11-9-20-18(14-24)6-7-22(26)25(20)12-8-17-4-2-3-5-19(17)23/h2-5,10,13,18,20H,6-9,11-12,14-15H2,1H3/t18-,20+/m1/s1. The monoisotopic (exact) mass is 386 g/mol. The van der Waals surface area contributed by atoms with Gasteiger partial charge in [0.2, 0.25) is 5.91 Å². The molecular formula is C22H27FN2OS. The maximum atomic E-state index is 13.9. The van der Waals surface area contributed by atoms with Crippen molar-refractivity contribution >= 4 is 17.2 Å². The first-order chi connectivity index (χ1) is 13.1. The second kappa shape index (κ2) is 8.11. The summed E-state index contributed by atoms with van der Waals surface area (Å²) in [7, 11) is 0. The fraction of sp³-hybridized carbons (Fsp3) is 0.500. The molecule has 0 bridgehead atoms. The zero-order valence-electron chi connectivity index (χ0n) is 15.9. The molecule has 1 amide bonds. The molecule has 3 nitrogen and oxygen atoms in total. The Labute approximate surface area is 164 Å². The van der Waals surface area contributed by atoms with Crippen LogP contribution in [0.3, 0.4) is 0 Å². The van der Waals surface area contributed by atoms with E-state index in [-0.39, 0.29) is 11.7 Å². The van der Waals surface area contributed by atoms with E-state index in [4.69, 9.17) is 0 Å². The van der Waals surface area contributed by atoms with Crippen LogP contribution < -0.4 is 0 Å². The number of thiophene rings is 1. The molecule has 2 saturated heterocycles. The Kier molecular flexibility index (Phi) is 5.60. The van der Waals surface area contributed by atoms with E-state index in [1.807, 2.05) is 28.4 Å². The van der Waals surface area contributed by atoms with Gasteiger partial charge in [0.1, 0.15) is 5.82 Å². The predicted molar refractivity (Wildman–Crippen MR) is 107 cm³/mol. The first kappa shape index (κ1) is 18.6. The van der Waals surface area contributed by atoms with Crippen molar-refractivity contribution in [3.63, 3.8) is 0 Å². The number of amides is 1. The van der Waals surface area contributed by atoms with E-state index in [1.54, 1.807) is 6.07 Å². The molecule has 0 spiro atoms. The Morgan fingerprint density at radius 3 is 2.85 bits per heavy atom. The fourth-order valence-electron chi connectivity index (χ4n) is 4.57. The molecular weight excluding hydrogens is 359 g/mol. The van der Waals surface area contributed by atoms with E-state index in [0.29, 0.717) is 36.9 Å². The second-order valence-electron chi connectivity index (χ2n) is 7.85. The lowest BCUT2D eigenvalue weighted by atomic mass is 9.83. The first-order valence-corrected chi connectivity index (χ1v) is 10.8. The smallest absolute Gasteiger partial charge is 0.222 e. The number of piperidine rings is 2. The van der Waals surface area contributed by atoms with E-state index in [9.17, 15) is 9.18 Å². The molecule has 3 heterocycles. The van der Waals surface area contributed by atoms with Crippen molar-refractivity contribution < 1.29 is 9.18 Å². The molecule has 2 fully saturated rings. The van der Waals surface area contributed by atoms with Crippen molar-refractivity contribution in [3.05, 3.63) is 57.5 Å². The minimum Gasteiger partial charge on any atom is -0.339 e. The van der Waals surface area contributed by atoms with Crippen LogP contribution in [0.15, 0.2) is 35.7 Å². The highest BCUT2D eigenvalue weighted by Gasteiger charge is 2.39. The lowest BCUT2D eigenvalue weighted by molar-refractivity contribution is -0.141. The summed E-state index contributed by atoms with van der Waals surface area (Å²) in [6.45, 7) is 5.93. The summed E-state index contributed by atoms with van der Waals surface area (Å²) in [5.74, 6) is 0.618. The van der Waals surface area contributed by atoms with E-state index in [1.165, 1.54) is 16.5 Å². The summed E-state index contributed by atoms with van der Waals surface area (Å²) in [6, 6.07) is 9.42. The van der Waals surface area contributed by atoms with Gasteiger partial charge in [0, 0.05) is 43.5 Å². The van der Waals surface area contributed by atoms with Crippen LogP contribution in [0.5, 0.6) is 0 Å². The van der Waals surface area contributed by atoms with Crippen LogP contribution in [-0.2, 0) is 17.8 Å². The molecule has 0 saturated carbocycles. The van der Waals surface area contributed by atoms with Crippen LogP contribution in [0.25, 0.3) is 0 Å². The third-order valence-electron chi connectivity index (χ3n) is 6.14. The van der Waals surface area contributed by atoms with Gasteiger partial charge in [-0.3, -0.25) is 9.69 Å². The largest absolute Gasteiger partial charge is 0.339 e. The number of aryl methyl sites for hydroxylation is 1. The molecule has 2 aliphatic rings. The Hall–Kier alpha value is -1.72. The number of halogens is 1. The maximum absolute atomic E-state index is 13.9. The van der Waals surface area contributed by atoms with E-state index >= 15 is 0 Å². The van der Waals surface area contributed by atoms with Crippen LogP contribution in [0.4, 0.5) is 4.39 Å². The summed E-state index contributed by atoms with van der Waals surface area (Å²) >= 11 is 1.84. The summed E-state index contributed by atoms with van der Waals surface area (Å²) in [6.07, 6.45) is 3.24. The maximum Gasteiger partial charge on any atom is 0.222 e. The van der Waals surface area contributed by atoms with Gasteiger partial charge in [-0.15, -0.1) is 11.3 Å². The van der Waals surface area contributed by atoms with Crippen molar-refractivity contribution in [2.75, 3.05) is 19.6 Å². The lowest BCUT2D eigenvalue weighted by Crippen LogP contribution is -2.56. The number of hydrogen-bond acceptors (Lipinski definition) is 3. The van der Waals surface area contributed by atoms with Gasteiger partial charge in [-0.1, -0.05) is 18.2 Å². The van der Waals surface area contributed by atoms with Gasteiger partial charge in [0.05, 0.1) is 0 Å². The summed E-state index contributed by atoms with van der Waals surface area (Å²) < 4.78 is 13.9. The molecule has 0 unspecified atom stereocenters. The van der Waals surface area contributed by atoms with Crippen molar-refractivity contribution in [3.8, 4) is 0 Å². The molecule has 2 atom stereocenters. The number of rotatable bonds is 5. The SMILES string of the molecule is Cc1ccsc1CN1CC[C@H]2[C@H](CCC(=O)N2CCc2ccccc2F)C1. The van der Waals surface area contributed by atoms with Crippen molar-refractivity contribution in [1.29, 1.82) is 0 Å². The van der Waals surface area contributed by atoms with Gasteiger partial charge in [-0.2, -0.15) is 0 Å². The normalized spacial score (nSPS) is 23.5. The number of nitrogens with zero attached hydrogens (tertiary/aromatic N) is 2. The third kappa shape index (κ3) is 4.09. The molecule has 27 heavy (non-hydrogen) atoms. The van der Waals surface area contributed by atoms with Crippen LogP contribution in [0, 0.1) is 18.7 Å². The Morgan fingerprint density at radius 2 is 2.07 bits per heavy atom. The van der Waals surface area contributed by atoms with Crippen LogP contribution >= 0.6 is 11.3 Å². The Balaban J connectivity index is 1.39. The summed E-state index contributed by atoms with van der Waals surface area (Å²) in [5.41, 5.74) is 2.09. The minimum atomic E-state index is -0.167. The van der Waals surface area contributed by atoms with Crippen molar-refractivity contribution in [1.82, 2.24) is 9.80 Å². The van der Waals surface area contributed by atoms with Gasteiger partial charge in [-0.05, 0) is 60.7 Å². The van der Waals surface area contributed by atoms with Gasteiger partial charge in [0.15, 0.2) is 0 Å². The molecule has 2 aliphatic heterocycles. The average Bonchev–Trinajstić information content (AvgIpc) is 3.07. The fourth-order valence-corrected chi connectivity index (χ4v) is 5.52. The van der Waals surface area contributed by atoms with E-state index < -0.39 is 0 Å². The topological polar surface area (TPSA) is 23.6 Å². The van der Waals surface area contributed by atoms with Gasteiger partial charge < -0.3 is 4.90 Å². The highest BCUT2D eigenvalue weighted by atomic mass is 32.1. The number of carbonyl (C=O) groups excluding carboxylic acids is 1. The lowest BCUT2D eigenvalue weighted by Gasteiger charge is -2.47. The van der Waals surface area contributed by atoms with E-state index in [0.717, 1.165) is 32.5 Å². The van der Waals surface area contributed by atoms with Gasteiger partial charge in [-0.25, -0.2) is 4.39 Å². The molecule has 4 rings (SSSR count). The van der Waals surface area contributed by atoms with Crippen LogP contribution in [-0.4, -0.2) is 41.4 Å². The quantitative estimate of drug-likeness (QED) is 0.767. The molecule has 1 aromatic heterocycles. The molecule has 0 radical (unpaired) electrons. The van der Waals surface area contributed by atoms with Crippen molar-refractivity contribution in [2.45, 2.75) is 45.2 Å². The van der Waals surface area contributed by atoms with Crippen molar-refractivity contribution in [2.24, 2.45) is 5.92 Å². The minimum absolute atomic E-state index is 0.167. The van der Waals surface area contributed by atoms with Gasteiger partial charge >= 0.3 is 0 Å². The summed E-state index contributed by atoms with van der Waals surface area (Å²) in [4.78, 5) is 18.6. The molecule has 1 aromatic carbocycles. The zero-order chi connectivity index (χ0) is 18.8. The molecule has 144 valence electrons. The Bertz CT molecular complexity index is 805. The van der Waals surface area contributed by atoms with Crippen LogP contribution in [0.2, 0.25) is 0 Å². The van der Waals surface area contributed by atoms with Crippen LogP contribution in [0.1, 0.15) is 35.3 Å². The molecule has 0 N–H and O–H groups in total. The Morgan fingerprint density at radius 1 is 1.22 bits per heavy atom. The number of likely N-dealkylation sites (tertiary alicyclic amines) is 2. The molecule has 0 aliphatic carbocycles. The number of benzene rings is 1. The highest BCUT2D eigenvalue weighted by Crippen LogP contribution is 2.32. The zero-order valence-corrected chi connectivity index (χ0v) is 16.7. The predicted octanol–water partition coefficient (Wildman–Crippen LogP) is 4.25. The first-order valence-electron chi connectivity index (χ1n) is 9.90. The third-order valence-corrected chi connectivity index (χ3v) is 7.15. The molecule has 5 heteroatoms. The highest BCUT2D eigenvalue weighted by molar-refractivity contribution is 7.10. The number of hydrogen-bond donors (Lipinski definition) is 0. The molecule has 2 aromatic rings. The van der Waals surface area contributed by atoms with E-state index in [2.05, 4.69) is 23.3 Å². The van der Waals surface area contributed by atoms with Gasteiger partial charge in [0.25, 0.3) is 0 Å². The number of carbonyl (C=O) groups is 1. The second-order valence-corrected chi connectivity index (χ2v) is 8.85.